The molecule has 1 heterocycles. The van der Waals surface area contributed by atoms with E-state index in [4.69, 9.17) is 16.3 Å². The molecule has 0 radical (unpaired) electrons. The van der Waals surface area contributed by atoms with Crippen LogP contribution in [0.3, 0.4) is 0 Å². The molecule has 0 saturated carbocycles. The molecule has 3 aromatic rings. The van der Waals surface area contributed by atoms with E-state index < -0.39 is 5.97 Å². The molecule has 1 N–H and O–H groups in total. The fraction of sp³-hybridized carbons (Fsp3) is 0.0526. The van der Waals surface area contributed by atoms with Crippen LogP contribution in [0.5, 0.6) is 0 Å². The van der Waals surface area contributed by atoms with E-state index in [9.17, 15) is 9.59 Å². The van der Waals surface area contributed by atoms with Gasteiger partial charge < -0.3 is 10.1 Å². The van der Waals surface area contributed by atoms with E-state index in [0.717, 1.165) is 9.79 Å². The van der Waals surface area contributed by atoms with Crippen LogP contribution < -0.4 is 5.32 Å². The number of benzene rings is 2. The number of thiophene rings is 1. The number of halogens is 1. The lowest BCUT2D eigenvalue weighted by Crippen LogP contribution is -2.20. The second-order valence-corrected chi connectivity index (χ2v) is 7.65. The zero-order valence-electron chi connectivity index (χ0n) is 13.5. The fourth-order valence-corrected chi connectivity index (χ4v) is 3.72. The van der Waals surface area contributed by atoms with Gasteiger partial charge in [-0.1, -0.05) is 41.6 Å². The quantitative estimate of drug-likeness (QED) is 0.564. The molecular formula is C19H14ClNO3S2. The first-order chi connectivity index (χ1) is 12.6. The molecular weight excluding hydrogens is 390 g/mol. The van der Waals surface area contributed by atoms with E-state index in [1.807, 2.05) is 42.5 Å². The van der Waals surface area contributed by atoms with Crippen molar-refractivity contribution < 1.29 is 14.3 Å². The number of ether oxygens (including phenoxy) is 1. The molecule has 0 saturated heterocycles. The number of carbonyl (C=O) groups excluding carboxylic acids is 2. The molecule has 1 aromatic heterocycles. The molecule has 26 heavy (non-hydrogen) atoms. The highest BCUT2D eigenvalue weighted by atomic mass is 35.5. The number of anilines is 1. The molecule has 2 aromatic carbocycles. The minimum Gasteiger partial charge on any atom is -0.451 e. The van der Waals surface area contributed by atoms with Gasteiger partial charge >= 0.3 is 5.97 Å². The average Bonchev–Trinajstić information content (AvgIpc) is 3.18. The zero-order valence-corrected chi connectivity index (χ0v) is 15.9. The van der Waals surface area contributed by atoms with Crippen molar-refractivity contribution in [3.8, 4) is 0 Å². The van der Waals surface area contributed by atoms with E-state index in [-0.39, 0.29) is 12.5 Å². The summed E-state index contributed by atoms with van der Waals surface area (Å²) in [5.74, 6) is -0.891. The Labute approximate surface area is 164 Å². The highest BCUT2D eigenvalue weighted by molar-refractivity contribution is 7.99. The SMILES string of the molecule is O=C(COC(=O)c1cccs1)Nc1ccccc1Sc1ccc(Cl)cc1. The topological polar surface area (TPSA) is 55.4 Å². The second-order valence-electron chi connectivity index (χ2n) is 5.15. The molecule has 7 heteroatoms. The van der Waals surface area contributed by atoms with Crippen LogP contribution in [0.4, 0.5) is 5.69 Å². The molecule has 0 bridgehead atoms. The normalized spacial score (nSPS) is 10.3. The Morgan fingerprint density at radius 3 is 2.54 bits per heavy atom. The van der Waals surface area contributed by atoms with Crippen molar-refractivity contribution in [2.75, 3.05) is 11.9 Å². The van der Waals surface area contributed by atoms with Crippen molar-refractivity contribution >= 4 is 52.3 Å². The number of hydrogen-bond acceptors (Lipinski definition) is 5. The van der Waals surface area contributed by atoms with Crippen molar-refractivity contribution in [1.82, 2.24) is 0 Å². The first kappa shape index (κ1) is 18.5. The van der Waals surface area contributed by atoms with Crippen LogP contribution in [-0.2, 0) is 9.53 Å². The van der Waals surface area contributed by atoms with Crippen molar-refractivity contribution in [2.24, 2.45) is 0 Å². The molecule has 0 unspecified atom stereocenters. The van der Waals surface area contributed by atoms with Crippen molar-refractivity contribution in [2.45, 2.75) is 9.79 Å². The van der Waals surface area contributed by atoms with Crippen LogP contribution in [-0.4, -0.2) is 18.5 Å². The van der Waals surface area contributed by atoms with Gasteiger partial charge in [0.05, 0.1) is 5.69 Å². The Bertz CT molecular complexity index is 895. The van der Waals surface area contributed by atoms with Crippen molar-refractivity contribution in [1.29, 1.82) is 0 Å². The number of esters is 1. The van der Waals surface area contributed by atoms with Crippen molar-refractivity contribution in [3.05, 3.63) is 75.9 Å². The summed E-state index contributed by atoms with van der Waals surface area (Å²) in [7, 11) is 0. The van der Waals surface area contributed by atoms with Gasteiger partial charge in [0.15, 0.2) is 6.61 Å². The summed E-state index contributed by atoms with van der Waals surface area (Å²) in [5.41, 5.74) is 0.657. The monoisotopic (exact) mass is 403 g/mol. The molecule has 0 aliphatic rings. The second kappa shape index (κ2) is 8.89. The van der Waals surface area contributed by atoms with Gasteiger partial charge in [-0.2, -0.15) is 0 Å². The Kier molecular flexibility index (Phi) is 6.33. The largest absolute Gasteiger partial charge is 0.451 e. The van der Waals surface area contributed by atoms with E-state index in [2.05, 4.69) is 5.32 Å². The predicted molar refractivity (Wildman–Crippen MR) is 105 cm³/mol. The van der Waals surface area contributed by atoms with Gasteiger partial charge in [-0.05, 0) is 47.8 Å². The van der Waals surface area contributed by atoms with Crippen LogP contribution in [0, 0.1) is 0 Å². The average molecular weight is 404 g/mol. The van der Waals surface area contributed by atoms with Gasteiger partial charge in [-0.25, -0.2) is 4.79 Å². The van der Waals surface area contributed by atoms with Gasteiger partial charge in [0.25, 0.3) is 5.91 Å². The van der Waals surface area contributed by atoms with Crippen LogP contribution in [0.1, 0.15) is 9.67 Å². The Balaban J connectivity index is 1.61. The maximum absolute atomic E-state index is 12.1. The molecule has 1 amide bonds. The maximum atomic E-state index is 12.1. The van der Waals surface area contributed by atoms with Crippen LogP contribution in [0.15, 0.2) is 75.8 Å². The lowest BCUT2D eigenvalue weighted by atomic mass is 10.3. The molecule has 0 fully saturated rings. The van der Waals surface area contributed by atoms with E-state index in [0.29, 0.717) is 15.6 Å². The summed E-state index contributed by atoms with van der Waals surface area (Å²) in [6, 6.07) is 18.3. The zero-order chi connectivity index (χ0) is 18.4. The number of nitrogens with one attached hydrogen (secondary N) is 1. The van der Waals surface area contributed by atoms with Gasteiger partial charge in [-0.15, -0.1) is 11.3 Å². The molecule has 0 aliphatic heterocycles. The van der Waals surface area contributed by atoms with Crippen LogP contribution in [0.2, 0.25) is 5.02 Å². The smallest absolute Gasteiger partial charge is 0.348 e. The van der Waals surface area contributed by atoms with Gasteiger partial charge in [0, 0.05) is 14.8 Å². The molecule has 132 valence electrons. The summed E-state index contributed by atoms with van der Waals surface area (Å²) < 4.78 is 5.03. The Morgan fingerprint density at radius 2 is 1.81 bits per heavy atom. The predicted octanol–water partition coefficient (Wildman–Crippen LogP) is 5.35. The van der Waals surface area contributed by atoms with E-state index in [1.165, 1.54) is 23.1 Å². The third-order valence-corrected chi connectivity index (χ3v) is 5.44. The standard InChI is InChI=1S/C19H14ClNO3S2/c20-13-7-9-14(10-8-13)26-16-5-2-1-4-15(16)21-18(22)12-24-19(23)17-6-3-11-25-17/h1-11H,12H2,(H,21,22). The Hall–Kier alpha value is -2.28. The molecule has 4 nitrogen and oxygen atoms in total. The lowest BCUT2D eigenvalue weighted by Gasteiger charge is -2.11. The summed E-state index contributed by atoms with van der Waals surface area (Å²) in [6.45, 7) is -0.337. The van der Waals surface area contributed by atoms with Crippen molar-refractivity contribution in [3.63, 3.8) is 0 Å². The third-order valence-electron chi connectivity index (χ3n) is 3.26. The first-order valence-electron chi connectivity index (χ1n) is 7.65. The fourth-order valence-electron chi connectivity index (χ4n) is 2.07. The summed E-state index contributed by atoms with van der Waals surface area (Å²) >= 11 is 8.69. The molecule has 0 spiro atoms. The summed E-state index contributed by atoms with van der Waals surface area (Å²) in [5, 5.41) is 5.23. The number of para-hydroxylation sites is 1. The number of amides is 1. The van der Waals surface area contributed by atoms with Gasteiger partial charge in [0.2, 0.25) is 0 Å². The number of rotatable bonds is 6. The maximum Gasteiger partial charge on any atom is 0.348 e. The highest BCUT2D eigenvalue weighted by Gasteiger charge is 2.12. The number of carbonyl (C=O) groups is 2. The molecule has 3 rings (SSSR count). The third kappa shape index (κ3) is 5.11. The molecule has 0 atom stereocenters. The highest BCUT2D eigenvalue weighted by Crippen LogP contribution is 2.33. The summed E-state index contributed by atoms with van der Waals surface area (Å²) in [4.78, 5) is 26.3. The van der Waals surface area contributed by atoms with Gasteiger partial charge in [0.1, 0.15) is 4.88 Å². The van der Waals surface area contributed by atoms with Crippen LogP contribution in [0.25, 0.3) is 0 Å². The van der Waals surface area contributed by atoms with Crippen LogP contribution >= 0.6 is 34.7 Å². The van der Waals surface area contributed by atoms with Gasteiger partial charge in [-0.3, -0.25) is 4.79 Å². The summed E-state index contributed by atoms with van der Waals surface area (Å²) in [6.07, 6.45) is 0. The van der Waals surface area contributed by atoms with E-state index >= 15 is 0 Å². The van der Waals surface area contributed by atoms with E-state index in [1.54, 1.807) is 23.6 Å². The Morgan fingerprint density at radius 1 is 1.04 bits per heavy atom. The minimum atomic E-state index is -0.501. The molecule has 0 aliphatic carbocycles. The minimum absolute atomic E-state index is 0.337. The lowest BCUT2D eigenvalue weighted by molar-refractivity contribution is -0.119. The number of hydrogen-bond donors (Lipinski definition) is 1. The first-order valence-corrected chi connectivity index (χ1v) is 9.72.